The van der Waals surface area contributed by atoms with Crippen LogP contribution < -0.4 is 9.47 Å². The summed E-state index contributed by atoms with van der Waals surface area (Å²) < 4.78 is 10.7. The van der Waals surface area contributed by atoms with Gasteiger partial charge in [-0.05, 0) is 49.8 Å². The molecule has 1 aliphatic carbocycles. The second-order valence-corrected chi connectivity index (χ2v) is 4.99. The second kappa shape index (κ2) is 5.95. The molecule has 1 fully saturated rings. The highest BCUT2D eigenvalue weighted by molar-refractivity contribution is 5.70. The van der Waals surface area contributed by atoms with E-state index in [1.165, 1.54) is 0 Å². The van der Waals surface area contributed by atoms with Gasteiger partial charge in [0.15, 0.2) is 0 Å². The third kappa shape index (κ3) is 3.00. The maximum absolute atomic E-state index is 11.0. The Hall–Kier alpha value is -1.71. The Morgan fingerprint density at radius 3 is 2.37 bits per heavy atom. The van der Waals surface area contributed by atoms with Gasteiger partial charge in [0.05, 0.1) is 20.1 Å². The van der Waals surface area contributed by atoms with E-state index in [2.05, 4.69) is 0 Å². The number of carbonyl (C=O) groups is 1. The largest absolute Gasteiger partial charge is 0.497 e. The molecule has 0 radical (unpaired) electrons. The predicted octanol–water partition coefficient (Wildman–Crippen LogP) is 3.06. The lowest BCUT2D eigenvalue weighted by Gasteiger charge is -2.27. The zero-order valence-corrected chi connectivity index (χ0v) is 11.4. The Kier molecular flexibility index (Phi) is 4.30. The Morgan fingerprint density at radius 2 is 1.84 bits per heavy atom. The molecular weight excluding hydrogens is 244 g/mol. The van der Waals surface area contributed by atoms with Gasteiger partial charge in [0.2, 0.25) is 0 Å². The van der Waals surface area contributed by atoms with E-state index in [4.69, 9.17) is 14.6 Å². The number of carboxylic acids is 1. The zero-order chi connectivity index (χ0) is 13.8. The highest BCUT2D eigenvalue weighted by Crippen LogP contribution is 2.40. The number of carboxylic acid groups (broad SMARTS) is 1. The number of ether oxygens (including phenoxy) is 2. The lowest BCUT2D eigenvalue weighted by atomic mass is 9.78. The molecule has 4 nitrogen and oxygen atoms in total. The third-order valence-electron chi connectivity index (χ3n) is 3.95. The van der Waals surface area contributed by atoms with Crippen LogP contribution in [0.4, 0.5) is 0 Å². The fourth-order valence-corrected chi connectivity index (χ4v) is 2.81. The molecule has 0 unspecified atom stereocenters. The van der Waals surface area contributed by atoms with Gasteiger partial charge in [0, 0.05) is 5.56 Å². The lowest BCUT2D eigenvalue weighted by Crippen LogP contribution is -2.20. The summed E-state index contributed by atoms with van der Waals surface area (Å²) in [6.45, 7) is 0. The lowest BCUT2D eigenvalue weighted by molar-refractivity contribution is -0.142. The molecule has 0 bridgehead atoms. The fraction of sp³-hybridized carbons (Fsp3) is 0.533. The van der Waals surface area contributed by atoms with Crippen molar-refractivity contribution in [3.8, 4) is 11.5 Å². The quantitative estimate of drug-likeness (QED) is 0.908. The Bertz CT molecular complexity index is 447. The highest BCUT2D eigenvalue weighted by Gasteiger charge is 2.28. The fourth-order valence-electron chi connectivity index (χ4n) is 2.81. The molecule has 0 amide bonds. The van der Waals surface area contributed by atoms with Gasteiger partial charge in [-0.3, -0.25) is 4.79 Å². The summed E-state index contributed by atoms with van der Waals surface area (Å²) in [5.41, 5.74) is 1.13. The Balaban J connectivity index is 2.16. The summed E-state index contributed by atoms with van der Waals surface area (Å²) in [5.74, 6) is 1.18. The van der Waals surface area contributed by atoms with Crippen LogP contribution in [0.25, 0.3) is 0 Å². The van der Waals surface area contributed by atoms with Gasteiger partial charge in [-0.1, -0.05) is 0 Å². The monoisotopic (exact) mass is 264 g/mol. The standard InChI is InChI=1S/C15H20O4/c1-18-12-7-8-14(19-2)13(9-12)10-3-5-11(6-4-10)15(16)17/h7-11H,3-6H2,1-2H3,(H,16,17). The minimum absolute atomic E-state index is 0.187. The van der Waals surface area contributed by atoms with Crippen molar-refractivity contribution in [3.05, 3.63) is 23.8 Å². The summed E-state index contributed by atoms with van der Waals surface area (Å²) in [5, 5.41) is 9.03. The normalized spacial score (nSPS) is 22.8. The van der Waals surface area contributed by atoms with Crippen LogP contribution in [0.2, 0.25) is 0 Å². The molecule has 0 aliphatic heterocycles. The molecule has 1 saturated carbocycles. The first-order valence-electron chi connectivity index (χ1n) is 6.60. The molecule has 104 valence electrons. The number of benzene rings is 1. The van der Waals surface area contributed by atoms with Crippen molar-refractivity contribution in [1.82, 2.24) is 0 Å². The molecule has 0 saturated heterocycles. The first-order chi connectivity index (χ1) is 9.15. The van der Waals surface area contributed by atoms with E-state index in [9.17, 15) is 4.79 Å². The second-order valence-electron chi connectivity index (χ2n) is 4.99. The van der Waals surface area contributed by atoms with Gasteiger partial charge in [0.25, 0.3) is 0 Å². The summed E-state index contributed by atoms with van der Waals surface area (Å²) in [6, 6.07) is 5.80. The van der Waals surface area contributed by atoms with Crippen LogP contribution in [0.3, 0.4) is 0 Å². The summed E-state index contributed by atoms with van der Waals surface area (Å²) in [6.07, 6.45) is 3.25. The van der Waals surface area contributed by atoms with Gasteiger partial charge < -0.3 is 14.6 Å². The van der Waals surface area contributed by atoms with Crippen molar-refractivity contribution in [3.63, 3.8) is 0 Å². The smallest absolute Gasteiger partial charge is 0.306 e. The van der Waals surface area contributed by atoms with E-state index in [1.807, 2.05) is 18.2 Å². The van der Waals surface area contributed by atoms with Crippen molar-refractivity contribution in [1.29, 1.82) is 0 Å². The van der Waals surface area contributed by atoms with Gasteiger partial charge >= 0.3 is 5.97 Å². The molecule has 19 heavy (non-hydrogen) atoms. The Morgan fingerprint density at radius 1 is 1.16 bits per heavy atom. The van der Waals surface area contributed by atoms with E-state index in [1.54, 1.807) is 14.2 Å². The predicted molar refractivity (Wildman–Crippen MR) is 71.9 cm³/mol. The van der Waals surface area contributed by atoms with Gasteiger partial charge in [-0.15, -0.1) is 0 Å². The average Bonchev–Trinajstić information content (AvgIpc) is 2.46. The molecule has 0 aromatic heterocycles. The van der Waals surface area contributed by atoms with Crippen molar-refractivity contribution in [2.24, 2.45) is 5.92 Å². The van der Waals surface area contributed by atoms with Crippen molar-refractivity contribution < 1.29 is 19.4 Å². The van der Waals surface area contributed by atoms with Crippen LogP contribution >= 0.6 is 0 Å². The molecule has 1 aliphatic rings. The molecule has 4 heteroatoms. The highest BCUT2D eigenvalue weighted by atomic mass is 16.5. The molecule has 2 rings (SSSR count). The number of hydrogen-bond donors (Lipinski definition) is 1. The van der Waals surface area contributed by atoms with Crippen molar-refractivity contribution in [2.75, 3.05) is 14.2 Å². The molecule has 0 spiro atoms. The van der Waals surface area contributed by atoms with E-state index < -0.39 is 5.97 Å². The SMILES string of the molecule is COc1ccc(OC)c(C2CCC(C(=O)O)CC2)c1. The first-order valence-corrected chi connectivity index (χ1v) is 6.60. The maximum atomic E-state index is 11.0. The number of aliphatic carboxylic acids is 1. The summed E-state index contributed by atoms with van der Waals surface area (Å²) in [4.78, 5) is 11.0. The van der Waals surface area contributed by atoms with Crippen molar-refractivity contribution >= 4 is 5.97 Å². The molecule has 0 atom stereocenters. The van der Waals surface area contributed by atoms with Gasteiger partial charge in [-0.2, -0.15) is 0 Å². The van der Waals surface area contributed by atoms with Crippen LogP contribution in [0.1, 0.15) is 37.2 Å². The van der Waals surface area contributed by atoms with E-state index >= 15 is 0 Å². The number of rotatable bonds is 4. The first kappa shape index (κ1) is 13.7. The average molecular weight is 264 g/mol. The third-order valence-corrected chi connectivity index (χ3v) is 3.95. The maximum Gasteiger partial charge on any atom is 0.306 e. The van der Waals surface area contributed by atoms with Crippen LogP contribution in [0.5, 0.6) is 11.5 Å². The molecule has 1 aromatic carbocycles. The number of methoxy groups -OCH3 is 2. The molecule has 1 aromatic rings. The minimum atomic E-state index is -0.670. The van der Waals surface area contributed by atoms with Gasteiger partial charge in [-0.25, -0.2) is 0 Å². The molecular formula is C15H20O4. The topological polar surface area (TPSA) is 55.8 Å². The van der Waals surface area contributed by atoms with Crippen molar-refractivity contribution in [2.45, 2.75) is 31.6 Å². The van der Waals surface area contributed by atoms with Crippen LogP contribution in [-0.2, 0) is 4.79 Å². The van der Waals surface area contributed by atoms with Crippen LogP contribution in [-0.4, -0.2) is 25.3 Å². The minimum Gasteiger partial charge on any atom is -0.497 e. The van der Waals surface area contributed by atoms with Gasteiger partial charge in [0.1, 0.15) is 11.5 Å². The molecule has 0 heterocycles. The summed E-state index contributed by atoms with van der Waals surface area (Å²) in [7, 11) is 3.31. The van der Waals surface area contributed by atoms with E-state index in [-0.39, 0.29) is 5.92 Å². The summed E-state index contributed by atoms with van der Waals surface area (Å²) >= 11 is 0. The number of hydrogen-bond acceptors (Lipinski definition) is 3. The van der Waals surface area contributed by atoms with Crippen LogP contribution in [0.15, 0.2) is 18.2 Å². The molecule has 1 N–H and O–H groups in total. The van der Waals surface area contributed by atoms with Crippen LogP contribution in [0, 0.1) is 5.92 Å². The van der Waals surface area contributed by atoms with E-state index in [0.717, 1.165) is 42.7 Å². The zero-order valence-electron chi connectivity index (χ0n) is 11.4. The Labute approximate surface area is 113 Å². The van der Waals surface area contributed by atoms with E-state index in [0.29, 0.717) is 5.92 Å².